The first-order valence-corrected chi connectivity index (χ1v) is 20.1. The van der Waals surface area contributed by atoms with E-state index in [2.05, 4.69) is 212 Å². The van der Waals surface area contributed by atoms with Crippen LogP contribution in [0.25, 0.3) is 22.3 Å². The molecule has 0 bridgehead atoms. The minimum absolute atomic E-state index is 0.0258. The second-order valence-corrected chi connectivity index (χ2v) is 18.6. The lowest BCUT2D eigenvalue weighted by Crippen LogP contribution is -2.33. The molecule has 2 heteroatoms. The summed E-state index contributed by atoms with van der Waals surface area (Å²) in [5.41, 5.74) is 18.2. The zero-order valence-corrected chi connectivity index (χ0v) is 33.8. The summed E-state index contributed by atoms with van der Waals surface area (Å²) >= 11 is 0. The molecular weight excluding hydrogens is 679 g/mol. The molecule has 10 rings (SSSR count). The predicted molar refractivity (Wildman–Crippen MR) is 233 cm³/mol. The fraction of sp³-hybridized carbons (Fsp3) is 0.222. The molecule has 2 aliphatic carbocycles. The van der Waals surface area contributed by atoms with Crippen LogP contribution in [0.5, 0.6) is 11.5 Å². The van der Waals surface area contributed by atoms with Crippen LogP contribution in [0.1, 0.15) is 99.9 Å². The van der Waals surface area contributed by atoms with Gasteiger partial charge in [0.15, 0.2) is 0 Å². The van der Waals surface area contributed by atoms with E-state index in [0.717, 1.165) is 28.6 Å². The summed E-state index contributed by atoms with van der Waals surface area (Å²) in [5, 5.41) is 0. The quantitative estimate of drug-likeness (QED) is 0.180. The highest BCUT2D eigenvalue weighted by atomic mass is 16.5. The number of fused-ring (bicyclic) bond motifs is 12. The minimum Gasteiger partial charge on any atom is -0.457 e. The van der Waals surface area contributed by atoms with Gasteiger partial charge in [-0.2, -0.15) is 0 Å². The molecule has 1 heterocycles. The average molecular weight is 728 g/mol. The number of rotatable bonds is 3. The Morgan fingerprint density at radius 2 is 0.875 bits per heavy atom. The summed E-state index contributed by atoms with van der Waals surface area (Å²) in [4.78, 5) is 2.43. The van der Waals surface area contributed by atoms with Gasteiger partial charge in [-0.1, -0.05) is 159 Å². The van der Waals surface area contributed by atoms with Gasteiger partial charge >= 0.3 is 0 Å². The van der Waals surface area contributed by atoms with Crippen molar-refractivity contribution in [1.82, 2.24) is 0 Å². The molecule has 7 aromatic rings. The van der Waals surface area contributed by atoms with Crippen molar-refractivity contribution in [2.24, 2.45) is 0 Å². The SMILES string of the molecule is CC(C)(C)c1ccc2c(c1)C1(c3ccccc3Oc3ccc(N(c4ccccc4)c4ccc5c(c4)C(C)(C)c4ccccc4-5)cc31)c1cc(C(C)(C)C)ccc1-2. The lowest BCUT2D eigenvalue weighted by molar-refractivity contribution is 0.436. The highest BCUT2D eigenvalue weighted by Gasteiger charge is 2.52. The molecule has 1 aliphatic heterocycles. The first kappa shape index (κ1) is 34.6. The van der Waals surface area contributed by atoms with Gasteiger partial charge in [-0.3, -0.25) is 0 Å². The Kier molecular flexibility index (Phi) is 7.31. The molecule has 0 fully saturated rings. The van der Waals surface area contributed by atoms with Crippen molar-refractivity contribution >= 4 is 17.1 Å². The van der Waals surface area contributed by atoms with E-state index in [1.54, 1.807) is 0 Å². The summed E-state index contributed by atoms with van der Waals surface area (Å²) in [6.07, 6.45) is 0. The maximum atomic E-state index is 6.94. The molecule has 1 spiro atoms. The van der Waals surface area contributed by atoms with E-state index >= 15 is 0 Å². The number of anilines is 3. The predicted octanol–water partition coefficient (Wildman–Crippen LogP) is 14.5. The fourth-order valence-corrected chi connectivity index (χ4v) is 9.86. The van der Waals surface area contributed by atoms with Gasteiger partial charge in [-0.05, 0) is 115 Å². The second-order valence-electron chi connectivity index (χ2n) is 18.6. The molecule has 56 heavy (non-hydrogen) atoms. The summed E-state index contributed by atoms with van der Waals surface area (Å²) in [5.74, 6) is 1.81. The van der Waals surface area contributed by atoms with Crippen LogP contribution in [-0.4, -0.2) is 0 Å². The van der Waals surface area contributed by atoms with Crippen LogP contribution in [0.15, 0.2) is 152 Å². The zero-order chi connectivity index (χ0) is 38.8. The molecule has 0 amide bonds. The molecule has 3 aliphatic rings. The van der Waals surface area contributed by atoms with Crippen LogP contribution in [0, 0.1) is 0 Å². The molecule has 2 nitrogen and oxygen atoms in total. The number of hydrogen-bond donors (Lipinski definition) is 0. The smallest absolute Gasteiger partial charge is 0.132 e. The average Bonchev–Trinajstić information content (AvgIpc) is 3.60. The van der Waals surface area contributed by atoms with Crippen LogP contribution in [0.4, 0.5) is 17.1 Å². The summed E-state index contributed by atoms with van der Waals surface area (Å²) < 4.78 is 6.94. The maximum Gasteiger partial charge on any atom is 0.132 e. The molecule has 0 saturated heterocycles. The van der Waals surface area contributed by atoms with E-state index in [0.29, 0.717) is 0 Å². The van der Waals surface area contributed by atoms with Gasteiger partial charge in [0.2, 0.25) is 0 Å². The Labute approximate surface area is 332 Å². The molecule has 0 N–H and O–H groups in total. The van der Waals surface area contributed by atoms with Gasteiger partial charge in [-0.15, -0.1) is 0 Å². The third-order valence-corrected chi connectivity index (χ3v) is 12.8. The van der Waals surface area contributed by atoms with Crippen molar-refractivity contribution in [2.45, 2.75) is 77.0 Å². The van der Waals surface area contributed by atoms with Gasteiger partial charge < -0.3 is 9.64 Å². The van der Waals surface area contributed by atoms with Crippen molar-refractivity contribution in [3.05, 3.63) is 196 Å². The second kappa shape index (κ2) is 11.8. The van der Waals surface area contributed by atoms with E-state index in [-0.39, 0.29) is 16.2 Å². The van der Waals surface area contributed by atoms with Crippen LogP contribution in [0.3, 0.4) is 0 Å². The maximum absolute atomic E-state index is 6.94. The number of hydrogen-bond acceptors (Lipinski definition) is 2. The van der Waals surface area contributed by atoms with Gasteiger partial charge in [0.05, 0.1) is 5.41 Å². The molecule has 0 aromatic heterocycles. The summed E-state index contributed by atoms with van der Waals surface area (Å²) in [6.45, 7) is 18.6. The Morgan fingerprint density at radius 1 is 0.393 bits per heavy atom. The standard InChI is InChI=1S/C54H49NO/c1-51(2,3)34-22-26-41-42-27-23-35(52(4,5)6)31-47(42)54(46(41)30-34)44-20-14-15-21-49(44)56-50-29-25-38(33-48(50)54)55(36-16-10-9-11-17-36)37-24-28-40-39-18-12-13-19-43(39)53(7,8)45(40)32-37/h9-33H,1-8H3. The van der Waals surface area contributed by atoms with Crippen LogP contribution < -0.4 is 9.64 Å². The van der Waals surface area contributed by atoms with Gasteiger partial charge in [0, 0.05) is 33.6 Å². The first-order chi connectivity index (χ1) is 26.8. The van der Waals surface area contributed by atoms with Gasteiger partial charge in [-0.25, -0.2) is 0 Å². The normalized spacial score (nSPS) is 15.2. The lowest BCUT2D eigenvalue weighted by Gasteiger charge is -2.41. The fourth-order valence-electron chi connectivity index (χ4n) is 9.86. The molecule has 0 unspecified atom stereocenters. The van der Waals surface area contributed by atoms with Gasteiger partial charge in [0.25, 0.3) is 0 Å². The Balaban J connectivity index is 1.26. The molecule has 276 valence electrons. The summed E-state index contributed by atoms with van der Waals surface area (Å²) in [7, 11) is 0. The lowest BCUT2D eigenvalue weighted by atomic mass is 9.65. The van der Waals surface area contributed by atoms with E-state index < -0.39 is 5.41 Å². The monoisotopic (exact) mass is 727 g/mol. The third kappa shape index (κ3) is 4.87. The van der Waals surface area contributed by atoms with Crippen molar-refractivity contribution in [2.75, 3.05) is 4.90 Å². The van der Waals surface area contributed by atoms with Crippen molar-refractivity contribution in [3.63, 3.8) is 0 Å². The molecule has 0 radical (unpaired) electrons. The van der Waals surface area contributed by atoms with E-state index in [1.165, 1.54) is 66.8 Å². The Hall–Kier alpha value is -5.86. The number of nitrogens with zero attached hydrogens (tertiary/aromatic N) is 1. The van der Waals surface area contributed by atoms with Crippen LogP contribution >= 0.6 is 0 Å². The topological polar surface area (TPSA) is 12.5 Å². The van der Waals surface area contributed by atoms with Crippen molar-refractivity contribution < 1.29 is 4.74 Å². The first-order valence-electron chi connectivity index (χ1n) is 20.1. The number of ether oxygens (including phenoxy) is 1. The molecular formula is C54H49NO. The molecule has 0 atom stereocenters. The van der Waals surface area contributed by atoms with Gasteiger partial charge in [0.1, 0.15) is 11.5 Å². The van der Waals surface area contributed by atoms with Crippen LogP contribution in [0.2, 0.25) is 0 Å². The number of para-hydroxylation sites is 2. The van der Waals surface area contributed by atoms with Crippen molar-refractivity contribution in [3.8, 4) is 33.8 Å². The highest BCUT2D eigenvalue weighted by molar-refractivity contribution is 5.91. The zero-order valence-electron chi connectivity index (χ0n) is 33.8. The Bertz CT molecular complexity index is 2660. The minimum atomic E-state index is -0.600. The molecule has 0 saturated carbocycles. The van der Waals surface area contributed by atoms with E-state index in [4.69, 9.17) is 4.74 Å². The summed E-state index contributed by atoms with van der Waals surface area (Å²) in [6, 6.07) is 56.8. The van der Waals surface area contributed by atoms with E-state index in [9.17, 15) is 0 Å². The molecule has 7 aromatic carbocycles. The number of benzene rings is 7. The Morgan fingerprint density at radius 3 is 1.52 bits per heavy atom. The third-order valence-electron chi connectivity index (χ3n) is 12.8. The largest absolute Gasteiger partial charge is 0.457 e. The van der Waals surface area contributed by atoms with Crippen LogP contribution in [-0.2, 0) is 21.7 Å². The van der Waals surface area contributed by atoms with Crippen molar-refractivity contribution in [1.29, 1.82) is 0 Å². The highest BCUT2D eigenvalue weighted by Crippen LogP contribution is 2.63. The van der Waals surface area contributed by atoms with E-state index in [1.807, 2.05) is 0 Å².